The lowest BCUT2D eigenvalue weighted by atomic mass is 10.1. The van der Waals surface area contributed by atoms with E-state index in [9.17, 15) is 18.9 Å². The Hall–Kier alpha value is -2.50. The highest BCUT2D eigenvalue weighted by molar-refractivity contribution is 9.11. The number of phosphoric acid groups is 1. The molecule has 1 N–H and O–H groups in total. The van der Waals surface area contributed by atoms with Crippen LogP contribution in [0.4, 0.5) is 0 Å². The van der Waals surface area contributed by atoms with Gasteiger partial charge in [0.2, 0.25) is 0 Å². The molecule has 13 heteroatoms. The van der Waals surface area contributed by atoms with E-state index in [-0.39, 0.29) is 31.6 Å². The first-order valence-electron chi connectivity index (χ1n) is 11.4. The van der Waals surface area contributed by atoms with Gasteiger partial charge in [-0.05, 0) is 30.0 Å². The average molecular weight is 585 g/mol. The predicted molar refractivity (Wildman–Crippen MR) is 133 cm³/mol. The summed E-state index contributed by atoms with van der Waals surface area (Å²) in [5.74, 6) is 0.00483. The van der Waals surface area contributed by atoms with Crippen molar-refractivity contribution in [1.82, 2.24) is 9.55 Å². The standard InChI is InChI=1S/C23H26BrN2O9P/c1-3-5-20(27)34-17-10-19(26-11-15(8-9-24)22(28)25-23(26)29)33-18(17)13-32-36(30)31-12-16-7-4-6-14(2)21(16)35-36/h4,6-9,11,17-19H,3,5,10,12-13H2,1-2H3,(H,25,28,29)/b9-8+/t17-,18+,19+,36?/m0/s1. The number of para-hydroxylation sites is 1. The van der Waals surface area contributed by atoms with Crippen LogP contribution in [0.1, 0.15) is 49.1 Å². The van der Waals surface area contributed by atoms with Crippen LogP contribution in [-0.4, -0.2) is 34.3 Å². The van der Waals surface area contributed by atoms with Crippen molar-refractivity contribution in [1.29, 1.82) is 0 Å². The number of hydrogen-bond acceptors (Lipinski definition) is 9. The molecule has 1 aromatic heterocycles. The first-order chi connectivity index (χ1) is 17.2. The van der Waals surface area contributed by atoms with Crippen molar-refractivity contribution in [2.45, 2.75) is 58.2 Å². The molecule has 36 heavy (non-hydrogen) atoms. The number of aromatic amines is 1. The fraction of sp³-hybridized carbons (Fsp3) is 0.435. The van der Waals surface area contributed by atoms with Crippen LogP contribution in [-0.2, 0) is 34.5 Å². The molecule has 3 heterocycles. The number of halogens is 1. The zero-order valence-corrected chi connectivity index (χ0v) is 22.2. The van der Waals surface area contributed by atoms with E-state index in [0.29, 0.717) is 12.2 Å². The second-order valence-corrected chi connectivity index (χ2v) is 10.5. The van der Waals surface area contributed by atoms with E-state index in [1.807, 2.05) is 26.0 Å². The summed E-state index contributed by atoms with van der Waals surface area (Å²) in [7, 11) is -3.97. The topological polar surface area (TPSA) is 135 Å². The maximum Gasteiger partial charge on any atom is 0.530 e. The van der Waals surface area contributed by atoms with Gasteiger partial charge < -0.3 is 14.0 Å². The fourth-order valence-corrected chi connectivity index (χ4v) is 5.53. The lowest BCUT2D eigenvalue weighted by Crippen LogP contribution is -2.33. The number of esters is 1. The Balaban J connectivity index is 1.53. The van der Waals surface area contributed by atoms with Crippen LogP contribution in [0.2, 0.25) is 0 Å². The van der Waals surface area contributed by atoms with Crippen LogP contribution in [0.15, 0.2) is 39.0 Å². The van der Waals surface area contributed by atoms with E-state index in [1.54, 1.807) is 6.07 Å². The maximum absolute atomic E-state index is 13.2. The largest absolute Gasteiger partial charge is 0.530 e. The monoisotopic (exact) mass is 584 g/mol. The van der Waals surface area contributed by atoms with E-state index in [0.717, 1.165) is 11.1 Å². The highest BCUT2D eigenvalue weighted by atomic mass is 79.9. The Morgan fingerprint density at radius 1 is 1.36 bits per heavy atom. The third-order valence-corrected chi connectivity index (χ3v) is 7.32. The Labute approximate surface area is 215 Å². The van der Waals surface area contributed by atoms with Crippen LogP contribution in [0, 0.1) is 6.92 Å². The lowest BCUT2D eigenvalue weighted by molar-refractivity contribution is -0.153. The molecule has 2 aliphatic heterocycles. The molecule has 0 saturated carbocycles. The highest BCUT2D eigenvalue weighted by Crippen LogP contribution is 2.55. The van der Waals surface area contributed by atoms with Gasteiger partial charge in [0, 0.05) is 24.6 Å². The zero-order chi connectivity index (χ0) is 25.9. The number of H-pyrrole nitrogens is 1. The summed E-state index contributed by atoms with van der Waals surface area (Å²) in [6, 6.07) is 5.47. The molecule has 4 atom stereocenters. The number of carbonyl (C=O) groups is 1. The van der Waals surface area contributed by atoms with Crippen molar-refractivity contribution >= 4 is 35.8 Å². The first-order valence-corrected chi connectivity index (χ1v) is 13.7. The van der Waals surface area contributed by atoms with Gasteiger partial charge in [0.15, 0.2) is 0 Å². The molecule has 11 nitrogen and oxygen atoms in total. The molecule has 1 saturated heterocycles. The third kappa shape index (κ3) is 5.90. The van der Waals surface area contributed by atoms with E-state index >= 15 is 0 Å². The van der Waals surface area contributed by atoms with Gasteiger partial charge in [-0.2, -0.15) is 0 Å². The van der Waals surface area contributed by atoms with Crippen molar-refractivity contribution in [3.63, 3.8) is 0 Å². The molecule has 194 valence electrons. The lowest BCUT2D eigenvalue weighted by Gasteiger charge is -2.27. The van der Waals surface area contributed by atoms with Crippen LogP contribution < -0.4 is 15.8 Å². The summed E-state index contributed by atoms with van der Waals surface area (Å²) >= 11 is 3.11. The Bertz CT molecular complexity index is 1320. The Kier molecular flexibility index (Phi) is 8.31. The molecule has 0 bridgehead atoms. The molecule has 0 spiro atoms. The molecule has 0 amide bonds. The van der Waals surface area contributed by atoms with E-state index in [4.69, 9.17) is 23.0 Å². The van der Waals surface area contributed by atoms with Crippen LogP contribution in [0.5, 0.6) is 5.75 Å². The van der Waals surface area contributed by atoms with Gasteiger partial charge in [0.25, 0.3) is 5.56 Å². The van der Waals surface area contributed by atoms with Crippen molar-refractivity contribution in [2.24, 2.45) is 0 Å². The molecule has 1 fully saturated rings. The number of carbonyl (C=O) groups excluding carboxylic acids is 1. The predicted octanol–water partition coefficient (Wildman–Crippen LogP) is 3.94. The number of nitrogens with one attached hydrogen (secondary N) is 1. The van der Waals surface area contributed by atoms with E-state index < -0.39 is 43.5 Å². The fourth-order valence-electron chi connectivity index (χ4n) is 3.95. The molecular weight excluding hydrogens is 559 g/mol. The molecule has 0 radical (unpaired) electrons. The number of rotatable bonds is 8. The average Bonchev–Trinajstić information content (AvgIpc) is 3.22. The number of hydrogen-bond donors (Lipinski definition) is 1. The molecule has 2 aromatic rings. The Morgan fingerprint density at radius 2 is 2.17 bits per heavy atom. The number of benzene rings is 1. The van der Waals surface area contributed by atoms with Crippen molar-refractivity contribution < 1.29 is 32.4 Å². The van der Waals surface area contributed by atoms with Gasteiger partial charge in [0.05, 0.1) is 18.8 Å². The smallest absolute Gasteiger partial charge is 0.459 e. The number of ether oxygens (including phenoxy) is 2. The molecule has 0 aliphatic carbocycles. The van der Waals surface area contributed by atoms with Gasteiger partial charge in [0.1, 0.15) is 24.2 Å². The SMILES string of the molecule is CCCC(=O)O[C@H]1C[C@H](n2cc(/C=C/Br)c(=O)[nH]c2=O)O[C@@H]1COP1(=O)OCc2cccc(C)c2O1. The number of aromatic nitrogens is 2. The maximum atomic E-state index is 13.2. The second-order valence-electron chi connectivity index (χ2n) is 8.36. The third-order valence-electron chi connectivity index (χ3n) is 5.74. The number of nitrogens with zero attached hydrogens (tertiary/aromatic N) is 1. The molecule has 2 aliphatic rings. The molecule has 4 rings (SSSR count). The van der Waals surface area contributed by atoms with Gasteiger partial charge in [-0.25, -0.2) is 9.36 Å². The summed E-state index contributed by atoms with van der Waals surface area (Å²) in [6.45, 7) is 3.43. The van der Waals surface area contributed by atoms with Gasteiger partial charge >= 0.3 is 19.5 Å². The summed E-state index contributed by atoms with van der Waals surface area (Å²) in [5.41, 5.74) is 0.511. The van der Waals surface area contributed by atoms with E-state index in [1.165, 1.54) is 21.8 Å². The molecule has 1 aromatic carbocycles. The summed E-state index contributed by atoms with van der Waals surface area (Å²) in [4.78, 5) is 40.5. The molecule has 1 unspecified atom stereocenters. The minimum atomic E-state index is -3.97. The van der Waals surface area contributed by atoms with Crippen molar-refractivity contribution in [3.8, 4) is 5.75 Å². The van der Waals surface area contributed by atoms with Gasteiger partial charge in [-0.15, -0.1) is 0 Å². The second kappa shape index (κ2) is 11.3. The van der Waals surface area contributed by atoms with Crippen LogP contribution >= 0.6 is 23.8 Å². The molecular formula is C23H26BrN2O9P. The quantitative estimate of drug-likeness (QED) is 0.361. The minimum Gasteiger partial charge on any atom is -0.459 e. The number of aryl methyl sites for hydroxylation is 1. The number of phosphoric ester groups is 1. The van der Waals surface area contributed by atoms with Gasteiger partial charge in [-0.3, -0.25) is 28.2 Å². The van der Waals surface area contributed by atoms with Crippen LogP contribution in [0.25, 0.3) is 6.08 Å². The highest BCUT2D eigenvalue weighted by Gasteiger charge is 2.43. The van der Waals surface area contributed by atoms with Crippen molar-refractivity contribution in [2.75, 3.05) is 6.61 Å². The first kappa shape index (κ1) is 26.6. The summed E-state index contributed by atoms with van der Waals surface area (Å²) in [5, 5.41) is 0. The summed E-state index contributed by atoms with van der Waals surface area (Å²) < 4.78 is 42.5. The number of fused-ring (bicyclic) bond motifs is 1. The normalized spacial score (nSPS) is 25.5. The van der Waals surface area contributed by atoms with Crippen LogP contribution in [0.3, 0.4) is 0 Å². The Morgan fingerprint density at radius 3 is 2.92 bits per heavy atom. The van der Waals surface area contributed by atoms with E-state index in [2.05, 4.69) is 20.9 Å². The zero-order valence-electron chi connectivity index (χ0n) is 19.7. The minimum absolute atomic E-state index is 0.0496. The van der Waals surface area contributed by atoms with Crippen molar-refractivity contribution in [3.05, 3.63) is 66.9 Å². The van der Waals surface area contributed by atoms with Gasteiger partial charge in [-0.1, -0.05) is 41.1 Å². The summed E-state index contributed by atoms with van der Waals surface area (Å²) in [6.07, 6.45) is 1.19.